The molecule has 3 rings (SSSR count). The van der Waals surface area contributed by atoms with Crippen molar-refractivity contribution in [3.63, 3.8) is 0 Å². The van der Waals surface area contributed by atoms with E-state index in [1.807, 2.05) is 0 Å². The zero-order valence-corrected chi connectivity index (χ0v) is 18.0. The second-order valence-electron chi connectivity index (χ2n) is 7.34. The number of methoxy groups -OCH3 is 1. The highest BCUT2D eigenvalue weighted by atomic mass is 32.2. The third kappa shape index (κ3) is 4.86. The summed E-state index contributed by atoms with van der Waals surface area (Å²) >= 11 is 0. The van der Waals surface area contributed by atoms with Gasteiger partial charge >= 0.3 is 0 Å². The van der Waals surface area contributed by atoms with Crippen LogP contribution in [0.3, 0.4) is 0 Å². The topological polar surface area (TPSA) is 119 Å². The summed E-state index contributed by atoms with van der Waals surface area (Å²) in [5.74, 6) is -1.69. The van der Waals surface area contributed by atoms with Crippen LogP contribution in [0.4, 0.5) is 10.1 Å². The number of sulfonamides is 1. The van der Waals surface area contributed by atoms with Crippen LogP contribution in [0, 0.1) is 18.7 Å². The summed E-state index contributed by atoms with van der Waals surface area (Å²) in [6.45, 7) is 1.85. The number of hydrogen-bond donors (Lipinski definition) is 2. The van der Waals surface area contributed by atoms with E-state index in [1.165, 1.54) is 36.5 Å². The smallest absolute Gasteiger partial charge is 0.248 e. The van der Waals surface area contributed by atoms with Gasteiger partial charge in [0.1, 0.15) is 11.6 Å². The molecule has 0 radical (unpaired) electrons. The molecule has 2 amide bonds. The van der Waals surface area contributed by atoms with Gasteiger partial charge in [-0.1, -0.05) is 0 Å². The molecule has 10 heteroatoms. The second-order valence-corrected chi connectivity index (χ2v) is 9.28. The maximum Gasteiger partial charge on any atom is 0.248 e. The van der Waals surface area contributed by atoms with Crippen molar-refractivity contribution < 1.29 is 27.1 Å². The molecular weight excluding hydrogens is 425 g/mol. The standard InChI is InChI=1S/C21H24FN3O5S/c1-13-18(22)11-15(20(23)26)12-19(13)24-21(27)14-7-9-25(10-8-14)31(28,29)17-5-3-16(30-2)4-6-17/h3-6,11-12,14H,7-10H2,1-2H3,(H2,23,26)(H,24,27). The third-order valence-electron chi connectivity index (χ3n) is 5.41. The van der Waals surface area contributed by atoms with Crippen LogP contribution in [0.2, 0.25) is 0 Å². The molecule has 166 valence electrons. The Morgan fingerprint density at radius 2 is 1.77 bits per heavy atom. The Balaban J connectivity index is 1.67. The Labute approximate surface area is 180 Å². The van der Waals surface area contributed by atoms with Crippen molar-refractivity contribution in [1.29, 1.82) is 0 Å². The number of anilines is 1. The molecule has 0 unspecified atom stereocenters. The van der Waals surface area contributed by atoms with Crippen molar-refractivity contribution in [1.82, 2.24) is 4.31 Å². The second kappa shape index (κ2) is 9.03. The number of carbonyl (C=O) groups is 2. The first-order valence-electron chi connectivity index (χ1n) is 9.68. The third-order valence-corrected chi connectivity index (χ3v) is 7.32. The molecule has 3 N–H and O–H groups in total. The SMILES string of the molecule is COc1ccc(S(=O)(=O)N2CCC(C(=O)Nc3cc(C(N)=O)cc(F)c3C)CC2)cc1. The molecule has 0 saturated carbocycles. The quantitative estimate of drug-likeness (QED) is 0.701. The average molecular weight is 450 g/mol. The first kappa shape index (κ1) is 22.7. The monoisotopic (exact) mass is 449 g/mol. The molecule has 31 heavy (non-hydrogen) atoms. The van der Waals surface area contributed by atoms with Gasteiger partial charge in [0.15, 0.2) is 0 Å². The van der Waals surface area contributed by atoms with Crippen LogP contribution in [-0.2, 0) is 14.8 Å². The van der Waals surface area contributed by atoms with E-state index in [0.29, 0.717) is 18.6 Å². The minimum absolute atomic E-state index is 0.0428. The fourth-order valence-corrected chi connectivity index (χ4v) is 4.91. The lowest BCUT2D eigenvalue weighted by molar-refractivity contribution is -0.120. The first-order chi connectivity index (χ1) is 14.6. The highest BCUT2D eigenvalue weighted by Gasteiger charge is 2.32. The van der Waals surface area contributed by atoms with Crippen LogP contribution in [0.25, 0.3) is 0 Å². The van der Waals surface area contributed by atoms with Gasteiger partial charge in [0.05, 0.1) is 12.0 Å². The molecule has 0 bridgehead atoms. The van der Waals surface area contributed by atoms with Gasteiger partial charge in [0.2, 0.25) is 21.8 Å². The van der Waals surface area contributed by atoms with E-state index in [4.69, 9.17) is 10.5 Å². The Kier molecular flexibility index (Phi) is 6.61. The van der Waals surface area contributed by atoms with E-state index in [9.17, 15) is 22.4 Å². The summed E-state index contributed by atoms with van der Waals surface area (Å²) in [4.78, 5) is 24.2. The van der Waals surface area contributed by atoms with Gasteiger partial charge in [-0.3, -0.25) is 9.59 Å². The maximum atomic E-state index is 14.0. The Hall–Kier alpha value is -2.98. The van der Waals surface area contributed by atoms with Gasteiger partial charge < -0.3 is 15.8 Å². The van der Waals surface area contributed by atoms with Crippen molar-refractivity contribution in [3.05, 3.63) is 53.3 Å². The number of ether oxygens (including phenoxy) is 1. The molecule has 2 aromatic rings. The predicted octanol–water partition coefficient (Wildman–Crippen LogP) is 2.28. The summed E-state index contributed by atoms with van der Waals surface area (Å²) in [7, 11) is -2.18. The van der Waals surface area contributed by atoms with E-state index in [1.54, 1.807) is 12.1 Å². The molecule has 1 heterocycles. The van der Waals surface area contributed by atoms with Gasteiger partial charge in [0.25, 0.3) is 0 Å². The summed E-state index contributed by atoms with van der Waals surface area (Å²) in [6, 6.07) is 8.48. The number of carbonyl (C=O) groups excluding carboxylic acids is 2. The maximum absolute atomic E-state index is 14.0. The highest BCUT2D eigenvalue weighted by Crippen LogP contribution is 2.27. The van der Waals surface area contributed by atoms with Crippen LogP contribution < -0.4 is 15.8 Å². The molecule has 8 nitrogen and oxygen atoms in total. The first-order valence-corrected chi connectivity index (χ1v) is 11.1. The summed E-state index contributed by atoms with van der Waals surface area (Å²) in [5, 5.41) is 2.65. The Morgan fingerprint density at radius 1 is 1.16 bits per heavy atom. The largest absolute Gasteiger partial charge is 0.497 e. The van der Waals surface area contributed by atoms with E-state index in [2.05, 4.69) is 5.32 Å². The minimum Gasteiger partial charge on any atom is -0.497 e. The number of rotatable bonds is 6. The Bertz CT molecular complexity index is 1090. The minimum atomic E-state index is -3.68. The molecule has 1 saturated heterocycles. The number of benzene rings is 2. The lowest BCUT2D eigenvalue weighted by atomic mass is 9.97. The number of nitrogens with two attached hydrogens (primary N) is 1. The Morgan fingerprint density at radius 3 is 2.32 bits per heavy atom. The molecule has 1 aliphatic rings. The lowest BCUT2D eigenvalue weighted by Gasteiger charge is -2.30. The van der Waals surface area contributed by atoms with Gasteiger partial charge in [-0.05, 0) is 56.2 Å². The molecule has 0 atom stereocenters. The number of hydrogen-bond acceptors (Lipinski definition) is 5. The van der Waals surface area contributed by atoms with E-state index < -0.39 is 27.7 Å². The van der Waals surface area contributed by atoms with Crippen LogP contribution >= 0.6 is 0 Å². The zero-order valence-electron chi connectivity index (χ0n) is 17.2. The predicted molar refractivity (Wildman–Crippen MR) is 113 cm³/mol. The average Bonchev–Trinajstić information content (AvgIpc) is 2.76. The van der Waals surface area contributed by atoms with Crippen LogP contribution in [-0.4, -0.2) is 44.7 Å². The molecule has 1 fully saturated rings. The number of nitrogens with zero attached hydrogens (tertiary/aromatic N) is 1. The van der Waals surface area contributed by atoms with Crippen molar-refractivity contribution in [2.45, 2.75) is 24.7 Å². The molecule has 0 aromatic heterocycles. The highest BCUT2D eigenvalue weighted by molar-refractivity contribution is 7.89. The summed E-state index contributed by atoms with van der Waals surface area (Å²) < 4.78 is 46.1. The van der Waals surface area contributed by atoms with Crippen molar-refractivity contribution >= 4 is 27.5 Å². The number of halogens is 1. The van der Waals surface area contributed by atoms with Crippen LogP contribution in [0.15, 0.2) is 41.3 Å². The fraction of sp³-hybridized carbons (Fsp3) is 0.333. The fourth-order valence-electron chi connectivity index (χ4n) is 3.44. The van der Waals surface area contributed by atoms with Gasteiger partial charge in [0, 0.05) is 35.8 Å². The van der Waals surface area contributed by atoms with E-state index in [0.717, 1.165) is 6.07 Å². The van der Waals surface area contributed by atoms with E-state index >= 15 is 0 Å². The zero-order chi connectivity index (χ0) is 22.8. The van der Waals surface area contributed by atoms with Crippen LogP contribution in [0.1, 0.15) is 28.8 Å². The van der Waals surface area contributed by atoms with Crippen molar-refractivity contribution in [2.24, 2.45) is 11.7 Å². The van der Waals surface area contributed by atoms with Gasteiger partial charge in [-0.2, -0.15) is 4.31 Å². The van der Waals surface area contributed by atoms with Crippen molar-refractivity contribution in [3.8, 4) is 5.75 Å². The van der Waals surface area contributed by atoms with Crippen molar-refractivity contribution in [2.75, 3.05) is 25.5 Å². The number of primary amides is 1. The summed E-state index contributed by atoms with van der Waals surface area (Å²) in [5.41, 5.74) is 5.53. The molecule has 0 spiro atoms. The molecule has 2 aromatic carbocycles. The molecular formula is C21H24FN3O5S. The number of nitrogens with one attached hydrogen (secondary N) is 1. The van der Waals surface area contributed by atoms with Gasteiger partial charge in [-0.15, -0.1) is 0 Å². The van der Waals surface area contributed by atoms with Crippen LogP contribution in [0.5, 0.6) is 5.75 Å². The lowest BCUT2D eigenvalue weighted by Crippen LogP contribution is -2.41. The number of amides is 2. The molecule has 1 aliphatic heterocycles. The normalized spacial score (nSPS) is 15.5. The summed E-state index contributed by atoms with van der Waals surface area (Å²) in [6.07, 6.45) is 0.635. The number of piperidine rings is 1. The molecule has 0 aliphatic carbocycles. The van der Waals surface area contributed by atoms with E-state index in [-0.39, 0.29) is 40.7 Å². The van der Waals surface area contributed by atoms with Gasteiger partial charge in [-0.25, -0.2) is 12.8 Å².